The molecule has 1 heterocycles. The van der Waals surface area contributed by atoms with E-state index in [1.54, 1.807) is 6.20 Å². The number of hydrogen-bond acceptors (Lipinski definition) is 2. The fourth-order valence-electron chi connectivity index (χ4n) is 1.09. The molecule has 0 radical (unpaired) electrons. The van der Waals surface area contributed by atoms with Gasteiger partial charge < -0.3 is 5.73 Å². The summed E-state index contributed by atoms with van der Waals surface area (Å²) in [6.07, 6.45) is 2.83. The Morgan fingerprint density at radius 3 is 2.82 bits per heavy atom. The molecule has 0 atom stereocenters. The van der Waals surface area contributed by atoms with Crippen molar-refractivity contribution in [2.45, 2.75) is 20.3 Å². The van der Waals surface area contributed by atoms with E-state index < -0.39 is 0 Å². The first kappa shape index (κ1) is 8.05. The molecule has 1 aromatic heterocycles. The molecule has 1 rings (SSSR count). The molecular formula is C9H14N2. The van der Waals surface area contributed by atoms with Gasteiger partial charge in [-0.1, -0.05) is 13.8 Å². The largest absolute Gasteiger partial charge is 0.384 e. The molecule has 11 heavy (non-hydrogen) atoms. The van der Waals surface area contributed by atoms with E-state index in [0.29, 0.717) is 11.7 Å². The predicted molar refractivity (Wildman–Crippen MR) is 47.2 cm³/mol. The highest BCUT2D eigenvalue weighted by Crippen LogP contribution is 2.08. The molecule has 0 aliphatic heterocycles. The number of rotatable bonds is 2. The lowest BCUT2D eigenvalue weighted by Crippen LogP contribution is -1.96. The first-order chi connectivity index (χ1) is 5.18. The van der Waals surface area contributed by atoms with Gasteiger partial charge in [0.2, 0.25) is 0 Å². The van der Waals surface area contributed by atoms with Crippen LogP contribution in [-0.4, -0.2) is 4.98 Å². The summed E-state index contributed by atoms with van der Waals surface area (Å²) < 4.78 is 0. The van der Waals surface area contributed by atoms with Crippen LogP contribution in [0.3, 0.4) is 0 Å². The van der Waals surface area contributed by atoms with Crippen molar-refractivity contribution >= 4 is 5.82 Å². The number of aromatic nitrogens is 1. The highest BCUT2D eigenvalue weighted by Gasteiger charge is 1.97. The zero-order chi connectivity index (χ0) is 8.27. The summed E-state index contributed by atoms with van der Waals surface area (Å²) in [5.74, 6) is 1.29. The molecule has 0 saturated carbocycles. The van der Waals surface area contributed by atoms with E-state index in [9.17, 15) is 0 Å². The Kier molecular flexibility index (Phi) is 2.47. The van der Waals surface area contributed by atoms with Crippen molar-refractivity contribution in [2.24, 2.45) is 5.92 Å². The highest BCUT2D eigenvalue weighted by atomic mass is 14.8. The lowest BCUT2D eigenvalue weighted by atomic mass is 10.0. The Morgan fingerprint density at radius 1 is 1.55 bits per heavy atom. The standard InChI is InChI=1S/C9H14N2/c1-7(2)5-8-3-4-11-9(10)6-8/h3-4,6-7H,5H2,1-2H3,(H2,10,11). The molecular weight excluding hydrogens is 136 g/mol. The summed E-state index contributed by atoms with van der Waals surface area (Å²) in [4.78, 5) is 3.92. The molecule has 0 aliphatic rings. The van der Waals surface area contributed by atoms with Crippen LogP contribution in [0.4, 0.5) is 5.82 Å². The summed E-state index contributed by atoms with van der Waals surface area (Å²) >= 11 is 0. The lowest BCUT2D eigenvalue weighted by Gasteiger charge is -2.03. The van der Waals surface area contributed by atoms with E-state index in [-0.39, 0.29) is 0 Å². The quantitative estimate of drug-likeness (QED) is 0.699. The molecule has 2 heteroatoms. The first-order valence-corrected chi connectivity index (χ1v) is 3.89. The molecule has 0 aliphatic carbocycles. The van der Waals surface area contributed by atoms with E-state index in [2.05, 4.69) is 18.8 Å². The van der Waals surface area contributed by atoms with Gasteiger partial charge in [-0.15, -0.1) is 0 Å². The maximum absolute atomic E-state index is 5.52. The Labute approximate surface area is 67.5 Å². The van der Waals surface area contributed by atoms with Crippen molar-refractivity contribution in [3.63, 3.8) is 0 Å². The molecule has 2 nitrogen and oxygen atoms in total. The number of hydrogen-bond donors (Lipinski definition) is 1. The molecule has 0 spiro atoms. The van der Waals surface area contributed by atoms with Crippen LogP contribution < -0.4 is 5.73 Å². The molecule has 0 saturated heterocycles. The number of nitrogens with two attached hydrogens (primary N) is 1. The SMILES string of the molecule is CC(C)Cc1ccnc(N)c1. The highest BCUT2D eigenvalue weighted by molar-refractivity contribution is 5.31. The zero-order valence-corrected chi connectivity index (χ0v) is 7.04. The first-order valence-electron chi connectivity index (χ1n) is 3.89. The third kappa shape index (κ3) is 2.58. The van der Waals surface area contributed by atoms with Gasteiger partial charge in [-0.25, -0.2) is 4.98 Å². The van der Waals surface area contributed by atoms with E-state index in [1.807, 2.05) is 12.1 Å². The van der Waals surface area contributed by atoms with E-state index in [0.717, 1.165) is 6.42 Å². The molecule has 0 amide bonds. The van der Waals surface area contributed by atoms with Crippen LogP contribution >= 0.6 is 0 Å². The Bertz CT molecular complexity index is 231. The molecule has 0 fully saturated rings. The monoisotopic (exact) mass is 150 g/mol. The predicted octanol–water partition coefficient (Wildman–Crippen LogP) is 1.86. The minimum atomic E-state index is 0.614. The molecule has 0 aromatic carbocycles. The van der Waals surface area contributed by atoms with Crippen molar-refractivity contribution in [3.8, 4) is 0 Å². The number of anilines is 1. The van der Waals surface area contributed by atoms with Gasteiger partial charge >= 0.3 is 0 Å². The number of nitrogen functional groups attached to an aromatic ring is 1. The summed E-state index contributed by atoms with van der Waals surface area (Å²) in [6, 6.07) is 3.94. The van der Waals surface area contributed by atoms with Gasteiger partial charge in [0.25, 0.3) is 0 Å². The van der Waals surface area contributed by atoms with Crippen LogP contribution in [0.1, 0.15) is 19.4 Å². The molecule has 60 valence electrons. The minimum absolute atomic E-state index is 0.614. The van der Waals surface area contributed by atoms with Gasteiger partial charge in [0.1, 0.15) is 5.82 Å². The van der Waals surface area contributed by atoms with Crippen LogP contribution in [0, 0.1) is 5.92 Å². The van der Waals surface area contributed by atoms with Gasteiger partial charge in [-0.2, -0.15) is 0 Å². The third-order valence-corrected chi connectivity index (χ3v) is 1.49. The van der Waals surface area contributed by atoms with Crippen LogP contribution in [0.2, 0.25) is 0 Å². The molecule has 2 N–H and O–H groups in total. The second-order valence-electron chi connectivity index (χ2n) is 3.19. The van der Waals surface area contributed by atoms with Gasteiger partial charge in [0, 0.05) is 6.20 Å². The lowest BCUT2D eigenvalue weighted by molar-refractivity contribution is 0.647. The smallest absolute Gasteiger partial charge is 0.123 e. The van der Waals surface area contributed by atoms with Gasteiger partial charge in [0.15, 0.2) is 0 Å². The fourth-order valence-corrected chi connectivity index (χ4v) is 1.09. The molecule has 1 aromatic rings. The Morgan fingerprint density at radius 2 is 2.27 bits per heavy atom. The van der Waals surface area contributed by atoms with Crippen molar-refractivity contribution < 1.29 is 0 Å². The van der Waals surface area contributed by atoms with Crippen molar-refractivity contribution in [3.05, 3.63) is 23.9 Å². The Balaban J connectivity index is 2.71. The van der Waals surface area contributed by atoms with Crippen molar-refractivity contribution in [1.82, 2.24) is 4.98 Å². The normalized spacial score (nSPS) is 10.5. The third-order valence-electron chi connectivity index (χ3n) is 1.49. The maximum atomic E-state index is 5.52. The molecule has 0 bridgehead atoms. The number of nitrogens with zero attached hydrogens (tertiary/aromatic N) is 1. The topological polar surface area (TPSA) is 38.9 Å². The minimum Gasteiger partial charge on any atom is -0.384 e. The van der Waals surface area contributed by atoms with Crippen LogP contribution in [0.5, 0.6) is 0 Å². The van der Waals surface area contributed by atoms with Gasteiger partial charge in [0.05, 0.1) is 0 Å². The average Bonchev–Trinajstić information content (AvgIpc) is 1.85. The Hall–Kier alpha value is -1.05. The summed E-state index contributed by atoms with van der Waals surface area (Å²) in [5, 5.41) is 0. The number of pyridine rings is 1. The van der Waals surface area contributed by atoms with E-state index in [4.69, 9.17) is 5.73 Å². The second-order valence-corrected chi connectivity index (χ2v) is 3.19. The molecule has 0 unspecified atom stereocenters. The second kappa shape index (κ2) is 3.37. The van der Waals surface area contributed by atoms with Crippen LogP contribution in [-0.2, 0) is 6.42 Å². The van der Waals surface area contributed by atoms with Gasteiger partial charge in [-0.05, 0) is 30.0 Å². The van der Waals surface area contributed by atoms with Crippen LogP contribution in [0.25, 0.3) is 0 Å². The van der Waals surface area contributed by atoms with Crippen LogP contribution in [0.15, 0.2) is 18.3 Å². The fraction of sp³-hybridized carbons (Fsp3) is 0.444. The van der Waals surface area contributed by atoms with Gasteiger partial charge in [-0.3, -0.25) is 0 Å². The average molecular weight is 150 g/mol. The summed E-state index contributed by atoms with van der Waals surface area (Å²) in [7, 11) is 0. The maximum Gasteiger partial charge on any atom is 0.123 e. The summed E-state index contributed by atoms with van der Waals surface area (Å²) in [5.41, 5.74) is 6.79. The van der Waals surface area contributed by atoms with E-state index in [1.165, 1.54) is 5.56 Å². The zero-order valence-electron chi connectivity index (χ0n) is 7.04. The van der Waals surface area contributed by atoms with Crippen molar-refractivity contribution in [2.75, 3.05) is 5.73 Å². The van der Waals surface area contributed by atoms with Crippen molar-refractivity contribution in [1.29, 1.82) is 0 Å². The van der Waals surface area contributed by atoms with E-state index >= 15 is 0 Å². The summed E-state index contributed by atoms with van der Waals surface area (Å²) in [6.45, 7) is 4.38.